The average molecular weight is 270 g/mol. The summed E-state index contributed by atoms with van der Waals surface area (Å²) in [7, 11) is 0. The van der Waals surface area contributed by atoms with Crippen molar-refractivity contribution in [2.24, 2.45) is 5.73 Å². The Balaban J connectivity index is 2.06. The molecule has 3 unspecified atom stereocenters. The number of rotatable bonds is 4. The quantitative estimate of drug-likeness (QED) is 0.914. The SMILES string of the molecule is CCOC1C(N)CC1Oc1cc(C)c(Cl)c(C)c1. The molecule has 1 aromatic rings. The highest BCUT2D eigenvalue weighted by atomic mass is 35.5. The van der Waals surface area contributed by atoms with Crippen LogP contribution in [0.5, 0.6) is 5.75 Å². The summed E-state index contributed by atoms with van der Waals surface area (Å²) in [6.07, 6.45) is 0.900. The van der Waals surface area contributed by atoms with Gasteiger partial charge in [0.05, 0.1) is 0 Å². The molecule has 100 valence electrons. The van der Waals surface area contributed by atoms with Crippen molar-refractivity contribution in [1.29, 1.82) is 0 Å². The van der Waals surface area contributed by atoms with E-state index in [1.165, 1.54) is 0 Å². The lowest BCUT2D eigenvalue weighted by Crippen LogP contribution is -2.59. The maximum absolute atomic E-state index is 6.14. The minimum Gasteiger partial charge on any atom is -0.488 e. The molecular formula is C14H20ClNO2. The third kappa shape index (κ3) is 2.63. The van der Waals surface area contributed by atoms with Crippen LogP contribution in [0, 0.1) is 13.8 Å². The minimum absolute atomic E-state index is 0.00582. The van der Waals surface area contributed by atoms with Crippen LogP contribution in [0.25, 0.3) is 0 Å². The second-order valence-corrected chi connectivity index (χ2v) is 5.22. The van der Waals surface area contributed by atoms with Gasteiger partial charge in [0, 0.05) is 24.1 Å². The molecule has 0 heterocycles. The Hall–Kier alpha value is -0.770. The van der Waals surface area contributed by atoms with Crippen molar-refractivity contribution >= 4 is 11.6 Å². The Morgan fingerprint density at radius 2 is 1.94 bits per heavy atom. The van der Waals surface area contributed by atoms with Crippen LogP contribution in [-0.4, -0.2) is 24.9 Å². The van der Waals surface area contributed by atoms with Gasteiger partial charge in [-0.2, -0.15) is 0 Å². The summed E-state index contributed by atoms with van der Waals surface area (Å²) in [6, 6.07) is 4.01. The van der Waals surface area contributed by atoms with E-state index in [4.69, 9.17) is 26.8 Å². The lowest BCUT2D eigenvalue weighted by Gasteiger charge is -2.41. The molecule has 2 rings (SSSR count). The summed E-state index contributed by atoms with van der Waals surface area (Å²) in [5.74, 6) is 0.844. The number of hydrogen-bond donors (Lipinski definition) is 1. The van der Waals surface area contributed by atoms with E-state index in [1.807, 2.05) is 32.9 Å². The number of ether oxygens (including phenoxy) is 2. The number of halogens is 1. The normalized spacial score (nSPS) is 26.8. The van der Waals surface area contributed by atoms with Gasteiger partial charge in [0.1, 0.15) is 18.0 Å². The number of hydrogen-bond acceptors (Lipinski definition) is 3. The molecule has 1 aliphatic rings. The van der Waals surface area contributed by atoms with E-state index in [0.717, 1.165) is 28.3 Å². The van der Waals surface area contributed by atoms with Crippen LogP contribution in [0.1, 0.15) is 24.5 Å². The summed E-state index contributed by atoms with van der Waals surface area (Å²) >= 11 is 6.14. The van der Waals surface area contributed by atoms with Gasteiger partial charge in [0.2, 0.25) is 0 Å². The molecule has 3 nitrogen and oxygen atoms in total. The summed E-state index contributed by atoms with van der Waals surface area (Å²) in [5, 5.41) is 0.800. The molecule has 1 aromatic carbocycles. The molecule has 0 radical (unpaired) electrons. The Morgan fingerprint density at radius 1 is 1.33 bits per heavy atom. The first-order valence-electron chi connectivity index (χ1n) is 6.33. The Kier molecular flexibility index (Phi) is 4.15. The van der Waals surface area contributed by atoms with E-state index in [0.29, 0.717) is 6.61 Å². The number of nitrogens with two attached hydrogens (primary N) is 1. The molecule has 0 bridgehead atoms. The van der Waals surface area contributed by atoms with Crippen LogP contribution in [0.15, 0.2) is 12.1 Å². The zero-order chi connectivity index (χ0) is 13.3. The fourth-order valence-electron chi connectivity index (χ4n) is 2.30. The third-order valence-electron chi connectivity index (χ3n) is 3.35. The van der Waals surface area contributed by atoms with Crippen molar-refractivity contribution in [2.75, 3.05) is 6.61 Å². The van der Waals surface area contributed by atoms with Gasteiger partial charge in [0.15, 0.2) is 0 Å². The zero-order valence-electron chi connectivity index (χ0n) is 11.1. The second kappa shape index (κ2) is 5.47. The minimum atomic E-state index is 0.00582. The van der Waals surface area contributed by atoms with Gasteiger partial charge in [-0.05, 0) is 44.0 Å². The molecule has 0 amide bonds. The molecule has 0 saturated heterocycles. The van der Waals surface area contributed by atoms with Crippen molar-refractivity contribution in [1.82, 2.24) is 0 Å². The van der Waals surface area contributed by atoms with Gasteiger partial charge >= 0.3 is 0 Å². The van der Waals surface area contributed by atoms with Crippen LogP contribution in [-0.2, 0) is 4.74 Å². The second-order valence-electron chi connectivity index (χ2n) is 4.85. The van der Waals surface area contributed by atoms with E-state index in [2.05, 4.69) is 0 Å². The predicted octanol–water partition coefficient (Wildman–Crippen LogP) is 2.84. The predicted molar refractivity (Wildman–Crippen MR) is 73.3 cm³/mol. The smallest absolute Gasteiger partial charge is 0.128 e. The van der Waals surface area contributed by atoms with Crippen LogP contribution < -0.4 is 10.5 Å². The van der Waals surface area contributed by atoms with Gasteiger partial charge in [-0.15, -0.1) is 0 Å². The van der Waals surface area contributed by atoms with E-state index in [1.54, 1.807) is 0 Å². The number of aryl methyl sites for hydroxylation is 2. The van der Waals surface area contributed by atoms with Crippen LogP contribution in [0.3, 0.4) is 0 Å². The molecular weight excluding hydrogens is 250 g/mol. The van der Waals surface area contributed by atoms with Gasteiger partial charge in [-0.1, -0.05) is 11.6 Å². The molecule has 0 aromatic heterocycles. The largest absolute Gasteiger partial charge is 0.488 e. The lowest BCUT2D eigenvalue weighted by molar-refractivity contribution is -0.0945. The van der Waals surface area contributed by atoms with Gasteiger partial charge in [0.25, 0.3) is 0 Å². The summed E-state index contributed by atoms with van der Waals surface area (Å²) in [4.78, 5) is 0. The van der Waals surface area contributed by atoms with Crippen LogP contribution >= 0.6 is 11.6 Å². The molecule has 4 heteroatoms. The summed E-state index contributed by atoms with van der Waals surface area (Å²) in [6.45, 7) is 6.60. The van der Waals surface area contributed by atoms with Crippen molar-refractivity contribution in [2.45, 2.75) is 45.4 Å². The molecule has 1 aliphatic carbocycles. The highest BCUT2D eigenvalue weighted by Crippen LogP contribution is 2.31. The van der Waals surface area contributed by atoms with Crippen molar-refractivity contribution < 1.29 is 9.47 Å². The Bertz CT molecular complexity index is 413. The van der Waals surface area contributed by atoms with Crippen LogP contribution in [0.2, 0.25) is 5.02 Å². The molecule has 2 N–H and O–H groups in total. The van der Waals surface area contributed by atoms with Crippen molar-refractivity contribution in [3.05, 3.63) is 28.3 Å². The maximum atomic E-state index is 6.14. The molecule has 0 aliphatic heterocycles. The standard InChI is InChI=1S/C14H20ClNO2/c1-4-17-14-11(16)7-12(14)18-10-5-8(2)13(15)9(3)6-10/h5-6,11-12,14H,4,7,16H2,1-3H3. The Labute approximate surface area is 113 Å². The van der Waals surface area contributed by atoms with Crippen LogP contribution in [0.4, 0.5) is 0 Å². The van der Waals surface area contributed by atoms with Gasteiger partial charge in [-0.3, -0.25) is 0 Å². The number of benzene rings is 1. The highest BCUT2D eigenvalue weighted by Gasteiger charge is 2.41. The Morgan fingerprint density at radius 3 is 2.44 bits per heavy atom. The molecule has 1 saturated carbocycles. The topological polar surface area (TPSA) is 44.5 Å². The maximum Gasteiger partial charge on any atom is 0.128 e. The van der Waals surface area contributed by atoms with Crippen molar-refractivity contribution in [3.8, 4) is 5.75 Å². The van der Waals surface area contributed by atoms with Crippen molar-refractivity contribution in [3.63, 3.8) is 0 Å². The molecule has 0 spiro atoms. The molecule has 3 atom stereocenters. The first-order chi connectivity index (χ1) is 8.52. The fourth-order valence-corrected chi connectivity index (χ4v) is 2.41. The van der Waals surface area contributed by atoms with Gasteiger partial charge < -0.3 is 15.2 Å². The lowest BCUT2D eigenvalue weighted by atomic mass is 9.86. The summed E-state index contributed by atoms with van der Waals surface area (Å²) in [5.41, 5.74) is 7.97. The molecule has 1 fully saturated rings. The highest BCUT2D eigenvalue weighted by molar-refractivity contribution is 6.32. The van der Waals surface area contributed by atoms with E-state index in [9.17, 15) is 0 Å². The van der Waals surface area contributed by atoms with E-state index in [-0.39, 0.29) is 18.2 Å². The van der Waals surface area contributed by atoms with E-state index >= 15 is 0 Å². The monoisotopic (exact) mass is 269 g/mol. The van der Waals surface area contributed by atoms with Gasteiger partial charge in [-0.25, -0.2) is 0 Å². The summed E-state index contributed by atoms with van der Waals surface area (Å²) < 4.78 is 11.5. The average Bonchev–Trinajstić information content (AvgIpc) is 2.32. The zero-order valence-corrected chi connectivity index (χ0v) is 11.8. The van der Waals surface area contributed by atoms with E-state index < -0.39 is 0 Å². The molecule has 18 heavy (non-hydrogen) atoms. The fraction of sp³-hybridized carbons (Fsp3) is 0.571. The third-order valence-corrected chi connectivity index (χ3v) is 3.95. The first kappa shape index (κ1) is 13.7. The first-order valence-corrected chi connectivity index (χ1v) is 6.71.